The number of hydrogen-bond acceptors (Lipinski definition) is 4. The standard InChI is InChI=1S/C14H22ClN3O/c1-8(2)13-17-12(15)9(3)14(18-13)16-10-5-6-11(7-10)19-4/h8,10-11H,5-7H2,1-4H3,(H,16,17,18). The van der Waals surface area contributed by atoms with Crippen LogP contribution in [0.2, 0.25) is 5.15 Å². The Morgan fingerprint density at radius 3 is 2.63 bits per heavy atom. The van der Waals surface area contributed by atoms with Crippen molar-refractivity contribution in [3.63, 3.8) is 0 Å². The van der Waals surface area contributed by atoms with E-state index in [9.17, 15) is 0 Å². The molecule has 1 fully saturated rings. The predicted molar refractivity (Wildman–Crippen MR) is 77.9 cm³/mol. The molecule has 1 aromatic heterocycles. The van der Waals surface area contributed by atoms with Crippen molar-refractivity contribution in [3.8, 4) is 0 Å². The van der Waals surface area contributed by atoms with Crippen LogP contribution in [-0.4, -0.2) is 29.2 Å². The van der Waals surface area contributed by atoms with E-state index in [0.29, 0.717) is 17.3 Å². The molecular formula is C14H22ClN3O. The Hall–Kier alpha value is -0.870. The van der Waals surface area contributed by atoms with E-state index in [0.717, 1.165) is 36.5 Å². The molecule has 0 bridgehead atoms. The number of anilines is 1. The molecule has 1 heterocycles. The Morgan fingerprint density at radius 1 is 1.32 bits per heavy atom. The van der Waals surface area contributed by atoms with Gasteiger partial charge in [-0.05, 0) is 26.2 Å². The maximum atomic E-state index is 6.19. The molecule has 106 valence electrons. The monoisotopic (exact) mass is 283 g/mol. The Kier molecular flexibility index (Phi) is 4.63. The van der Waals surface area contributed by atoms with Crippen LogP contribution in [0.1, 0.15) is 50.4 Å². The largest absolute Gasteiger partial charge is 0.381 e. The lowest BCUT2D eigenvalue weighted by atomic mass is 10.2. The van der Waals surface area contributed by atoms with Gasteiger partial charge in [0.15, 0.2) is 0 Å². The van der Waals surface area contributed by atoms with Gasteiger partial charge >= 0.3 is 0 Å². The Bertz CT molecular complexity index is 451. The van der Waals surface area contributed by atoms with Gasteiger partial charge in [-0.2, -0.15) is 0 Å². The summed E-state index contributed by atoms with van der Waals surface area (Å²) in [6, 6.07) is 0.412. The Labute approximate surface area is 119 Å². The average Bonchev–Trinajstić information content (AvgIpc) is 2.82. The molecule has 2 rings (SSSR count). The first-order valence-corrected chi connectivity index (χ1v) is 7.22. The molecule has 0 amide bonds. The number of aromatic nitrogens is 2. The minimum absolute atomic E-state index is 0.272. The third-order valence-corrected chi connectivity index (χ3v) is 4.05. The summed E-state index contributed by atoms with van der Waals surface area (Å²) in [6.07, 6.45) is 3.59. The summed E-state index contributed by atoms with van der Waals surface area (Å²) in [5.74, 6) is 1.93. The van der Waals surface area contributed by atoms with Crippen LogP contribution in [0.4, 0.5) is 5.82 Å². The van der Waals surface area contributed by atoms with Crippen LogP contribution < -0.4 is 5.32 Å². The zero-order valence-electron chi connectivity index (χ0n) is 12.0. The van der Waals surface area contributed by atoms with Crippen molar-refractivity contribution in [1.29, 1.82) is 0 Å². The molecule has 1 aliphatic rings. The van der Waals surface area contributed by atoms with Gasteiger partial charge in [-0.3, -0.25) is 0 Å². The predicted octanol–water partition coefficient (Wildman–Crippen LogP) is 3.54. The fourth-order valence-electron chi connectivity index (χ4n) is 2.38. The molecule has 0 aromatic carbocycles. The molecule has 2 unspecified atom stereocenters. The molecule has 0 aliphatic heterocycles. The minimum atomic E-state index is 0.272. The highest BCUT2D eigenvalue weighted by molar-refractivity contribution is 6.30. The topological polar surface area (TPSA) is 47.0 Å². The van der Waals surface area contributed by atoms with Crippen LogP contribution in [-0.2, 0) is 4.74 Å². The number of ether oxygens (including phenoxy) is 1. The highest BCUT2D eigenvalue weighted by atomic mass is 35.5. The fourth-order valence-corrected chi connectivity index (χ4v) is 2.56. The molecule has 1 N–H and O–H groups in total. The first-order chi connectivity index (χ1) is 9.01. The van der Waals surface area contributed by atoms with Crippen molar-refractivity contribution in [3.05, 3.63) is 16.5 Å². The van der Waals surface area contributed by atoms with Gasteiger partial charge in [0.05, 0.1) is 6.10 Å². The second-order valence-electron chi connectivity index (χ2n) is 5.51. The summed E-state index contributed by atoms with van der Waals surface area (Å²) in [5, 5.41) is 4.04. The summed E-state index contributed by atoms with van der Waals surface area (Å²) < 4.78 is 5.40. The zero-order chi connectivity index (χ0) is 14.0. The van der Waals surface area contributed by atoms with Gasteiger partial charge in [0.25, 0.3) is 0 Å². The fraction of sp³-hybridized carbons (Fsp3) is 0.714. The van der Waals surface area contributed by atoms with Crippen LogP contribution in [0, 0.1) is 6.92 Å². The average molecular weight is 284 g/mol. The summed E-state index contributed by atoms with van der Waals surface area (Å²) >= 11 is 6.19. The molecule has 2 atom stereocenters. The molecule has 19 heavy (non-hydrogen) atoms. The Balaban J connectivity index is 2.15. The van der Waals surface area contributed by atoms with E-state index in [-0.39, 0.29) is 5.92 Å². The minimum Gasteiger partial charge on any atom is -0.381 e. The summed E-state index contributed by atoms with van der Waals surface area (Å²) in [5.41, 5.74) is 0.923. The Morgan fingerprint density at radius 2 is 2.05 bits per heavy atom. The second-order valence-corrected chi connectivity index (χ2v) is 5.87. The zero-order valence-corrected chi connectivity index (χ0v) is 12.8. The number of halogens is 1. The van der Waals surface area contributed by atoms with Crippen LogP contribution in [0.25, 0.3) is 0 Å². The van der Waals surface area contributed by atoms with Gasteiger partial charge in [0.2, 0.25) is 0 Å². The molecule has 0 spiro atoms. The second kappa shape index (κ2) is 6.06. The number of rotatable bonds is 4. The molecule has 1 saturated carbocycles. The lowest BCUT2D eigenvalue weighted by molar-refractivity contribution is 0.108. The number of nitrogens with one attached hydrogen (secondary N) is 1. The normalized spacial score (nSPS) is 23.1. The highest BCUT2D eigenvalue weighted by Crippen LogP contribution is 2.28. The first-order valence-electron chi connectivity index (χ1n) is 6.84. The van der Waals surface area contributed by atoms with Crippen LogP contribution in [0.15, 0.2) is 0 Å². The van der Waals surface area contributed by atoms with E-state index >= 15 is 0 Å². The van der Waals surface area contributed by atoms with Gasteiger partial charge < -0.3 is 10.1 Å². The quantitative estimate of drug-likeness (QED) is 0.859. The van der Waals surface area contributed by atoms with Gasteiger partial charge in [-0.25, -0.2) is 9.97 Å². The van der Waals surface area contributed by atoms with Crippen molar-refractivity contribution in [1.82, 2.24) is 9.97 Å². The van der Waals surface area contributed by atoms with Crippen LogP contribution >= 0.6 is 11.6 Å². The molecule has 5 heteroatoms. The van der Waals surface area contributed by atoms with Crippen molar-refractivity contribution < 1.29 is 4.74 Å². The van der Waals surface area contributed by atoms with E-state index in [1.807, 2.05) is 6.92 Å². The molecular weight excluding hydrogens is 262 g/mol. The number of methoxy groups -OCH3 is 1. The maximum Gasteiger partial charge on any atom is 0.137 e. The summed E-state index contributed by atoms with van der Waals surface area (Å²) in [7, 11) is 1.77. The van der Waals surface area contributed by atoms with E-state index < -0.39 is 0 Å². The van der Waals surface area contributed by atoms with Crippen LogP contribution in [0.5, 0.6) is 0 Å². The molecule has 4 nitrogen and oxygen atoms in total. The molecule has 1 aliphatic carbocycles. The van der Waals surface area contributed by atoms with Gasteiger partial charge in [0, 0.05) is 24.6 Å². The molecule has 1 aromatic rings. The summed E-state index contributed by atoms with van der Waals surface area (Å²) in [4.78, 5) is 8.93. The van der Waals surface area contributed by atoms with Gasteiger partial charge in [0.1, 0.15) is 16.8 Å². The molecule has 0 saturated heterocycles. The lowest BCUT2D eigenvalue weighted by Crippen LogP contribution is -2.19. The number of nitrogens with zero attached hydrogens (tertiary/aromatic N) is 2. The maximum absolute atomic E-state index is 6.19. The third-order valence-electron chi connectivity index (χ3n) is 3.68. The van der Waals surface area contributed by atoms with E-state index in [1.165, 1.54) is 0 Å². The first kappa shape index (κ1) is 14.5. The van der Waals surface area contributed by atoms with E-state index in [4.69, 9.17) is 16.3 Å². The van der Waals surface area contributed by atoms with Gasteiger partial charge in [-0.1, -0.05) is 25.4 Å². The van der Waals surface area contributed by atoms with E-state index in [1.54, 1.807) is 7.11 Å². The van der Waals surface area contributed by atoms with Crippen molar-refractivity contribution in [2.24, 2.45) is 0 Å². The lowest BCUT2D eigenvalue weighted by Gasteiger charge is -2.17. The number of hydrogen-bond donors (Lipinski definition) is 1. The highest BCUT2D eigenvalue weighted by Gasteiger charge is 2.25. The van der Waals surface area contributed by atoms with Crippen molar-refractivity contribution in [2.45, 2.75) is 58.1 Å². The van der Waals surface area contributed by atoms with Crippen LogP contribution in [0.3, 0.4) is 0 Å². The van der Waals surface area contributed by atoms with Gasteiger partial charge in [-0.15, -0.1) is 0 Å². The smallest absolute Gasteiger partial charge is 0.137 e. The van der Waals surface area contributed by atoms with Crippen molar-refractivity contribution in [2.75, 3.05) is 12.4 Å². The molecule has 0 radical (unpaired) electrons. The van der Waals surface area contributed by atoms with E-state index in [2.05, 4.69) is 29.1 Å². The van der Waals surface area contributed by atoms with Crippen molar-refractivity contribution >= 4 is 17.4 Å². The third kappa shape index (κ3) is 3.37. The summed E-state index contributed by atoms with van der Waals surface area (Å²) in [6.45, 7) is 6.10. The SMILES string of the molecule is COC1CCC(Nc2nc(C(C)C)nc(Cl)c2C)C1.